The van der Waals surface area contributed by atoms with Crippen molar-refractivity contribution in [3.05, 3.63) is 69.7 Å². The maximum Gasteiger partial charge on any atom is 0.254 e. The molecule has 0 unspecified atom stereocenters. The van der Waals surface area contributed by atoms with Crippen molar-refractivity contribution in [2.75, 3.05) is 6.54 Å². The number of hydrogen-bond acceptors (Lipinski definition) is 2. The maximum absolute atomic E-state index is 12.6. The van der Waals surface area contributed by atoms with E-state index in [0.29, 0.717) is 35.1 Å². The second kappa shape index (κ2) is 7.89. The number of hydrogen-bond donors (Lipinski definition) is 1. The van der Waals surface area contributed by atoms with E-state index >= 15 is 0 Å². The molecule has 130 valence electrons. The monoisotopic (exact) mass is 376 g/mol. The summed E-state index contributed by atoms with van der Waals surface area (Å²) in [6.07, 6.45) is 1.48. The molecular weight excluding hydrogens is 359 g/mol. The molecule has 4 nitrogen and oxygen atoms in total. The zero-order valence-corrected chi connectivity index (χ0v) is 15.1. The van der Waals surface area contributed by atoms with Gasteiger partial charge in [0.25, 0.3) is 5.91 Å². The van der Waals surface area contributed by atoms with Gasteiger partial charge in [-0.05, 0) is 42.7 Å². The molecular formula is C19H18Cl2N2O2. The molecule has 1 saturated heterocycles. The van der Waals surface area contributed by atoms with E-state index < -0.39 is 6.04 Å². The molecule has 2 aromatic rings. The van der Waals surface area contributed by atoms with Gasteiger partial charge >= 0.3 is 0 Å². The number of carbonyl (C=O) groups excluding carboxylic acids is 2. The van der Waals surface area contributed by atoms with E-state index in [0.717, 1.165) is 12.0 Å². The highest BCUT2D eigenvalue weighted by molar-refractivity contribution is 6.35. The number of halogens is 2. The van der Waals surface area contributed by atoms with E-state index in [4.69, 9.17) is 23.2 Å². The Balaban J connectivity index is 1.65. The highest BCUT2D eigenvalue weighted by atomic mass is 35.5. The lowest BCUT2D eigenvalue weighted by molar-refractivity contribution is -0.125. The number of carbonyl (C=O) groups is 2. The lowest BCUT2D eigenvalue weighted by atomic mass is 10.1. The third-order valence-corrected chi connectivity index (χ3v) is 4.89. The second-order valence-corrected chi connectivity index (χ2v) is 6.82. The van der Waals surface area contributed by atoms with Crippen molar-refractivity contribution in [2.45, 2.75) is 25.4 Å². The molecule has 1 aliphatic rings. The minimum atomic E-state index is -0.446. The second-order valence-electron chi connectivity index (χ2n) is 5.98. The van der Waals surface area contributed by atoms with Crippen LogP contribution in [0, 0.1) is 0 Å². The molecule has 0 spiro atoms. The predicted molar refractivity (Wildman–Crippen MR) is 98.8 cm³/mol. The van der Waals surface area contributed by atoms with Crippen molar-refractivity contribution >= 4 is 35.0 Å². The van der Waals surface area contributed by atoms with Gasteiger partial charge in [0, 0.05) is 28.7 Å². The molecule has 3 rings (SSSR count). The summed E-state index contributed by atoms with van der Waals surface area (Å²) in [5.74, 6) is -0.268. The van der Waals surface area contributed by atoms with Crippen LogP contribution in [0.15, 0.2) is 48.5 Å². The Morgan fingerprint density at radius 2 is 1.88 bits per heavy atom. The van der Waals surface area contributed by atoms with Gasteiger partial charge in [-0.15, -0.1) is 0 Å². The van der Waals surface area contributed by atoms with Crippen LogP contribution in [0.1, 0.15) is 28.8 Å². The molecule has 0 radical (unpaired) electrons. The quantitative estimate of drug-likeness (QED) is 0.878. The van der Waals surface area contributed by atoms with Gasteiger partial charge in [0.05, 0.1) is 0 Å². The molecule has 1 aliphatic heterocycles. The molecule has 1 atom stereocenters. The molecule has 1 N–H and O–H groups in total. The van der Waals surface area contributed by atoms with Crippen molar-refractivity contribution in [2.24, 2.45) is 0 Å². The highest BCUT2D eigenvalue weighted by Gasteiger charge is 2.34. The van der Waals surface area contributed by atoms with Crippen LogP contribution in [0.4, 0.5) is 0 Å². The summed E-state index contributed by atoms with van der Waals surface area (Å²) in [6, 6.07) is 13.8. The van der Waals surface area contributed by atoms with Gasteiger partial charge in [-0.1, -0.05) is 47.5 Å². The molecule has 0 bridgehead atoms. The van der Waals surface area contributed by atoms with Gasteiger partial charge in [0.1, 0.15) is 6.04 Å². The van der Waals surface area contributed by atoms with E-state index in [1.165, 1.54) is 0 Å². The first kappa shape index (κ1) is 17.8. The lowest BCUT2D eigenvalue weighted by Crippen LogP contribution is -2.45. The predicted octanol–water partition coefficient (Wildman–Crippen LogP) is 3.91. The molecule has 1 fully saturated rings. The summed E-state index contributed by atoms with van der Waals surface area (Å²) in [7, 11) is 0. The van der Waals surface area contributed by atoms with E-state index in [1.807, 2.05) is 18.2 Å². The summed E-state index contributed by atoms with van der Waals surface area (Å²) in [5, 5.41) is 3.94. The number of amides is 2. The van der Waals surface area contributed by atoms with Crippen molar-refractivity contribution in [1.82, 2.24) is 10.2 Å². The summed E-state index contributed by atoms with van der Waals surface area (Å²) in [6.45, 7) is 0.895. The van der Waals surface area contributed by atoms with Gasteiger partial charge in [-0.25, -0.2) is 0 Å². The van der Waals surface area contributed by atoms with Crippen LogP contribution in [-0.4, -0.2) is 29.3 Å². The van der Waals surface area contributed by atoms with Gasteiger partial charge < -0.3 is 10.2 Å². The van der Waals surface area contributed by atoms with Crippen LogP contribution >= 0.6 is 23.2 Å². The lowest BCUT2D eigenvalue weighted by Gasteiger charge is -2.24. The first-order chi connectivity index (χ1) is 12.1. The number of nitrogens with one attached hydrogen (secondary N) is 1. The summed E-state index contributed by atoms with van der Waals surface area (Å²) < 4.78 is 0. The van der Waals surface area contributed by atoms with Gasteiger partial charge in [-0.2, -0.15) is 0 Å². The van der Waals surface area contributed by atoms with Crippen LogP contribution in [0.5, 0.6) is 0 Å². The standard InChI is InChI=1S/C19H18Cl2N2O2/c20-15-9-8-14(16(21)11-15)12-22-18(24)17-7-4-10-23(17)19(25)13-5-2-1-3-6-13/h1-3,5-6,8-9,11,17H,4,7,10,12H2,(H,22,24)/t17-/m1/s1. The van der Waals surface area contributed by atoms with E-state index in [9.17, 15) is 9.59 Å². The number of likely N-dealkylation sites (tertiary alicyclic amines) is 1. The maximum atomic E-state index is 12.6. The number of rotatable bonds is 4. The van der Waals surface area contributed by atoms with Gasteiger partial charge in [-0.3, -0.25) is 9.59 Å². The van der Waals surface area contributed by atoms with Crippen LogP contribution < -0.4 is 5.32 Å². The minimum Gasteiger partial charge on any atom is -0.350 e. The first-order valence-electron chi connectivity index (χ1n) is 8.14. The number of benzene rings is 2. The van der Waals surface area contributed by atoms with E-state index in [2.05, 4.69) is 5.32 Å². The zero-order valence-electron chi connectivity index (χ0n) is 13.5. The normalized spacial score (nSPS) is 16.7. The molecule has 0 aromatic heterocycles. The van der Waals surface area contributed by atoms with Crippen LogP contribution in [-0.2, 0) is 11.3 Å². The molecule has 25 heavy (non-hydrogen) atoms. The minimum absolute atomic E-state index is 0.109. The van der Waals surface area contributed by atoms with E-state index in [1.54, 1.807) is 35.2 Å². The number of nitrogens with zero attached hydrogens (tertiary/aromatic N) is 1. The van der Waals surface area contributed by atoms with Crippen molar-refractivity contribution in [3.63, 3.8) is 0 Å². The Bertz CT molecular complexity index is 780. The van der Waals surface area contributed by atoms with Gasteiger partial charge in [0.2, 0.25) is 5.91 Å². The fraction of sp³-hybridized carbons (Fsp3) is 0.263. The Hall–Kier alpha value is -2.04. The van der Waals surface area contributed by atoms with Crippen LogP contribution in [0.25, 0.3) is 0 Å². The highest BCUT2D eigenvalue weighted by Crippen LogP contribution is 2.22. The molecule has 1 heterocycles. The molecule has 2 aromatic carbocycles. The summed E-state index contributed by atoms with van der Waals surface area (Å²) in [4.78, 5) is 26.9. The van der Waals surface area contributed by atoms with Crippen molar-refractivity contribution < 1.29 is 9.59 Å². The largest absolute Gasteiger partial charge is 0.350 e. The van der Waals surface area contributed by atoms with Crippen molar-refractivity contribution in [1.29, 1.82) is 0 Å². The van der Waals surface area contributed by atoms with E-state index in [-0.39, 0.29) is 11.8 Å². The Labute approximate surface area is 156 Å². The summed E-state index contributed by atoms with van der Waals surface area (Å²) >= 11 is 12.0. The first-order valence-corrected chi connectivity index (χ1v) is 8.89. The molecule has 2 amide bonds. The zero-order chi connectivity index (χ0) is 17.8. The van der Waals surface area contributed by atoms with Gasteiger partial charge in [0.15, 0.2) is 0 Å². The molecule has 0 saturated carbocycles. The Kier molecular flexibility index (Phi) is 5.61. The smallest absolute Gasteiger partial charge is 0.254 e. The Morgan fingerprint density at radius 3 is 2.60 bits per heavy atom. The fourth-order valence-electron chi connectivity index (χ4n) is 2.99. The van der Waals surface area contributed by atoms with Crippen LogP contribution in [0.3, 0.4) is 0 Å². The molecule has 6 heteroatoms. The average Bonchev–Trinajstić information content (AvgIpc) is 3.10. The topological polar surface area (TPSA) is 49.4 Å². The third-order valence-electron chi connectivity index (χ3n) is 4.31. The molecule has 0 aliphatic carbocycles. The fourth-order valence-corrected chi connectivity index (χ4v) is 3.47. The van der Waals surface area contributed by atoms with Crippen molar-refractivity contribution in [3.8, 4) is 0 Å². The van der Waals surface area contributed by atoms with Crippen LogP contribution in [0.2, 0.25) is 10.0 Å². The summed E-state index contributed by atoms with van der Waals surface area (Å²) in [5.41, 5.74) is 1.39. The third kappa shape index (κ3) is 4.14. The average molecular weight is 377 g/mol. The Morgan fingerprint density at radius 1 is 1.12 bits per heavy atom. The SMILES string of the molecule is O=C(NCc1ccc(Cl)cc1Cl)[C@H]1CCCN1C(=O)c1ccccc1.